The number of H-pyrrole nitrogens is 1. The fourth-order valence-electron chi connectivity index (χ4n) is 2.70. The van der Waals surface area contributed by atoms with Gasteiger partial charge in [-0.05, 0) is 29.3 Å². The number of nitrogens with zero attached hydrogens (tertiary/aromatic N) is 1. The smallest absolute Gasteiger partial charge is 0.259 e. The summed E-state index contributed by atoms with van der Waals surface area (Å²) in [6, 6.07) is 25.6. The highest BCUT2D eigenvalue weighted by molar-refractivity contribution is 5.80. The molecule has 0 fully saturated rings. The molecule has 0 unspecified atom stereocenters. The lowest BCUT2D eigenvalue weighted by Crippen LogP contribution is -2.09. The largest absolute Gasteiger partial charge is 0.306 e. The van der Waals surface area contributed by atoms with Crippen LogP contribution in [0.2, 0.25) is 0 Å². The van der Waals surface area contributed by atoms with E-state index in [0.29, 0.717) is 16.7 Å². The van der Waals surface area contributed by atoms with E-state index in [1.807, 2.05) is 54.6 Å². The molecule has 0 amide bonds. The van der Waals surface area contributed by atoms with Crippen molar-refractivity contribution >= 4 is 10.9 Å². The van der Waals surface area contributed by atoms with Crippen molar-refractivity contribution in [2.45, 2.75) is 0 Å². The summed E-state index contributed by atoms with van der Waals surface area (Å²) in [5.41, 5.74) is 3.72. The third-order valence-corrected chi connectivity index (χ3v) is 3.86. The van der Waals surface area contributed by atoms with Crippen LogP contribution in [-0.4, -0.2) is 9.97 Å². The Bertz CT molecular complexity index is 1040. The first-order valence-corrected chi connectivity index (χ1v) is 7.46. The third kappa shape index (κ3) is 2.53. The standard InChI is InChI=1S/C20H14N2O/c23-20-17-11-4-5-12-18(17)21-19(22-20)16-10-6-9-15(13-16)14-7-2-1-3-8-14/h1-13H,(H,21,22,23). The Kier molecular flexibility index (Phi) is 3.24. The molecule has 1 heterocycles. The molecule has 110 valence electrons. The topological polar surface area (TPSA) is 45.8 Å². The van der Waals surface area contributed by atoms with Crippen molar-refractivity contribution < 1.29 is 0 Å². The number of aromatic amines is 1. The van der Waals surface area contributed by atoms with Crippen LogP contribution in [0.4, 0.5) is 0 Å². The number of para-hydroxylation sites is 1. The predicted molar refractivity (Wildman–Crippen MR) is 93.2 cm³/mol. The molecule has 1 N–H and O–H groups in total. The van der Waals surface area contributed by atoms with Gasteiger partial charge in [-0.15, -0.1) is 0 Å². The maximum absolute atomic E-state index is 12.2. The van der Waals surface area contributed by atoms with Gasteiger partial charge in [0.15, 0.2) is 0 Å². The van der Waals surface area contributed by atoms with Crippen LogP contribution in [0.25, 0.3) is 33.4 Å². The monoisotopic (exact) mass is 298 g/mol. The van der Waals surface area contributed by atoms with Crippen molar-refractivity contribution in [1.82, 2.24) is 9.97 Å². The zero-order valence-corrected chi connectivity index (χ0v) is 12.4. The molecule has 1 aromatic heterocycles. The van der Waals surface area contributed by atoms with Gasteiger partial charge in [0, 0.05) is 5.56 Å². The average molecular weight is 298 g/mol. The summed E-state index contributed by atoms with van der Waals surface area (Å²) in [5, 5.41) is 0.607. The molecule has 0 saturated heterocycles. The minimum absolute atomic E-state index is 0.115. The zero-order chi connectivity index (χ0) is 15.6. The molecule has 0 aliphatic carbocycles. The fraction of sp³-hybridized carbons (Fsp3) is 0. The number of rotatable bonds is 2. The molecular formula is C20H14N2O. The summed E-state index contributed by atoms with van der Waals surface area (Å²) in [4.78, 5) is 19.7. The first-order valence-electron chi connectivity index (χ1n) is 7.46. The Labute approximate surface area is 133 Å². The molecular weight excluding hydrogens is 284 g/mol. The highest BCUT2D eigenvalue weighted by Crippen LogP contribution is 2.24. The van der Waals surface area contributed by atoms with Crippen LogP contribution in [0, 0.1) is 0 Å². The second kappa shape index (κ2) is 5.54. The van der Waals surface area contributed by atoms with Gasteiger partial charge in [0.25, 0.3) is 5.56 Å². The van der Waals surface area contributed by atoms with Gasteiger partial charge in [0.2, 0.25) is 0 Å². The van der Waals surface area contributed by atoms with Crippen LogP contribution in [0.5, 0.6) is 0 Å². The molecule has 0 saturated carbocycles. The molecule has 3 aromatic carbocycles. The molecule has 0 radical (unpaired) electrons. The molecule has 0 spiro atoms. The summed E-state index contributed by atoms with van der Waals surface area (Å²) >= 11 is 0. The first kappa shape index (κ1) is 13.5. The van der Waals surface area contributed by atoms with E-state index in [2.05, 4.69) is 28.2 Å². The maximum atomic E-state index is 12.2. The quantitative estimate of drug-likeness (QED) is 0.601. The summed E-state index contributed by atoms with van der Waals surface area (Å²) in [7, 11) is 0. The van der Waals surface area contributed by atoms with Gasteiger partial charge < -0.3 is 4.98 Å². The van der Waals surface area contributed by atoms with E-state index in [0.717, 1.165) is 16.7 Å². The van der Waals surface area contributed by atoms with Crippen LogP contribution >= 0.6 is 0 Å². The molecule has 3 nitrogen and oxygen atoms in total. The third-order valence-electron chi connectivity index (χ3n) is 3.86. The molecule has 4 rings (SSSR count). The van der Waals surface area contributed by atoms with Gasteiger partial charge in [-0.3, -0.25) is 4.79 Å². The lowest BCUT2D eigenvalue weighted by atomic mass is 10.0. The molecule has 0 atom stereocenters. The second-order valence-electron chi connectivity index (χ2n) is 5.38. The van der Waals surface area contributed by atoms with Gasteiger partial charge in [-0.1, -0.05) is 60.7 Å². The minimum Gasteiger partial charge on any atom is -0.306 e. The summed E-state index contributed by atoms with van der Waals surface area (Å²) in [6.07, 6.45) is 0. The Balaban J connectivity index is 1.87. The number of benzene rings is 3. The molecule has 0 bridgehead atoms. The van der Waals surface area contributed by atoms with Gasteiger partial charge in [0.05, 0.1) is 10.9 Å². The lowest BCUT2D eigenvalue weighted by Gasteiger charge is -2.06. The Hall–Kier alpha value is -3.20. The van der Waals surface area contributed by atoms with Crippen molar-refractivity contribution in [3.05, 3.63) is 89.2 Å². The lowest BCUT2D eigenvalue weighted by molar-refractivity contribution is 1.18. The zero-order valence-electron chi connectivity index (χ0n) is 12.4. The van der Waals surface area contributed by atoms with Crippen LogP contribution in [0.3, 0.4) is 0 Å². The van der Waals surface area contributed by atoms with Crippen molar-refractivity contribution in [3.8, 4) is 22.5 Å². The van der Waals surface area contributed by atoms with E-state index in [4.69, 9.17) is 0 Å². The second-order valence-corrected chi connectivity index (χ2v) is 5.38. The van der Waals surface area contributed by atoms with Gasteiger partial charge in [-0.25, -0.2) is 4.98 Å². The number of hydrogen-bond acceptors (Lipinski definition) is 2. The number of aromatic nitrogens is 2. The van der Waals surface area contributed by atoms with Crippen LogP contribution in [0.15, 0.2) is 83.7 Å². The van der Waals surface area contributed by atoms with E-state index in [-0.39, 0.29) is 5.56 Å². The number of fused-ring (bicyclic) bond motifs is 1. The normalized spacial score (nSPS) is 10.8. The van der Waals surface area contributed by atoms with Crippen LogP contribution in [0.1, 0.15) is 0 Å². The minimum atomic E-state index is -0.115. The molecule has 0 aliphatic heterocycles. The molecule has 23 heavy (non-hydrogen) atoms. The van der Waals surface area contributed by atoms with E-state index in [9.17, 15) is 4.79 Å². The summed E-state index contributed by atoms with van der Waals surface area (Å²) in [6.45, 7) is 0. The highest BCUT2D eigenvalue weighted by atomic mass is 16.1. The maximum Gasteiger partial charge on any atom is 0.259 e. The van der Waals surface area contributed by atoms with Gasteiger partial charge >= 0.3 is 0 Å². The van der Waals surface area contributed by atoms with Gasteiger partial charge in [-0.2, -0.15) is 0 Å². The van der Waals surface area contributed by atoms with E-state index >= 15 is 0 Å². The Morgan fingerprint density at radius 3 is 2.26 bits per heavy atom. The van der Waals surface area contributed by atoms with E-state index < -0.39 is 0 Å². The molecule has 3 heteroatoms. The first-order chi connectivity index (χ1) is 11.3. The van der Waals surface area contributed by atoms with Crippen LogP contribution < -0.4 is 5.56 Å². The predicted octanol–water partition coefficient (Wildman–Crippen LogP) is 4.26. The Morgan fingerprint density at radius 2 is 1.39 bits per heavy atom. The highest BCUT2D eigenvalue weighted by Gasteiger charge is 2.06. The summed E-state index contributed by atoms with van der Waals surface area (Å²) < 4.78 is 0. The van der Waals surface area contributed by atoms with E-state index in [1.165, 1.54) is 0 Å². The Morgan fingerprint density at radius 1 is 0.696 bits per heavy atom. The SMILES string of the molecule is O=c1[nH]c(-c2cccc(-c3ccccc3)c2)nc2ccccc12. The summed E-state index contributed by atoms with van der Waals surface area (Å²) in [5.74, 6) is 0.589. The van der Waals surface area contributed by atoms with Gasteiger partial charge in [0.1, 0.15) is 5.82 Å². The van der Waals surface area contributed by atoms with Crippen LogP contribution in [-0.2, 0) is 0 Å². The molecule has 4 aromatic rings. The van der Waals surface area contributed by atoms with Crippen molar-refractivity contribution in [2.75, 3.05) is 0 Å². The van der Waals surface area contributed by atoms with Crippen molar-refractivity contribution in [3.63, 3.8) is 0 Å². The average Bonchev–Trinajstić information content (AvgIpc) is 2.62. The van der Waals surface area contributed by atoms with E-state index in [1.54, 1.807) is 6.07 Å². The number of nitrogens with one attached hydrogen (secondary N) is 1. The van der Waals surface area contributed by atoms with Crippen molar-refractivity contribution in [2.24, 2.45) is 0 Å². The molecule has 0 aliphatic rings. The van der Waals surface area contributed by atoms with Crippen molar-refractivity contribution in [1.29, 1.82) is 0 Å². The number of hydrogen-bond donors (Lipinski definition) is 1. The fourth-order valence-corrected chi connectivity index (χ4v) is 2.70.